The fourth-order valence-electron chi connectivity index (χ4n) is 4.16. The Labute approximate surface area is 219 Å². The first-order valence-corrected chi connectivity index (χ1v) is 12.1. The minimum absolute atomic E-state index is 0.00114. The van der Waals surface area contributed by atoms with E-state index in [9.17, 15) is 18.4 Å². The Morgan fingerprint density at radius 2 is 1.84 bits per heavy atom. The van der Waals surface area contributed by atoms with Gasteiger partial charge in [-0.15, -0.1) is 0 Å². The normalized spacial score (nSPS) is 13.7. The van der Waals surface area contributed by atoms with E-state index in [4.69, 9.17) is 9.47 Å². The first kappa shape index (κ1) is 26.8. The lowest BCUT2D eigenvalue weighted by atomic mass is 10.1. The maximum absolute atomic E-state index is 14.1. The van der Waals surface area contributed by atoms with Gasteiger partial charge in [0.05, 0.1) is 24.7 Å². The Kier molecular flexibility index (Phi) is 8.04. The molecule has 9 nitrogen and oxygen atoms in total. The molecule has 4 rings (SSSR count). The molecule has 0 spiro atoms. The average Bonchev–Trinajstić information content (AvgIpc) is 2.90. The number of pyridine rings is 2. The van der Waals surface area contributed by atoms with Crippen LogP contribution in [0, 0.1) is 18.6 Å². The lowest BCUT2D eigenvalue weighted by Gasteiger charge is -2.35. The lowest BCUT2D eigenvalue weighted by Crippen LogP contribution is -2.39. The molecule has 1 aromatic carbocycles. The zero-order valence-electron chi connectivity index (χ0n) is 21.6. The van der Waals surface area contributed by atoms with Crippen molar-refractivity contribution in [3.63, 3.8) is 0 Å². The highest BCUT2D eigenvalue weighted by Gasteiger charge is 2.26. The molecule has 0 aliphatic carbocycles. The van der Waals surface area contributed by atoms with E-state index in [0.717, 1.165) is 12.1 Å². The highest BCUT2D eigenvalue weighted by atomic mass is 19.1. The Balaban J connectivity index is 1.56. The van der Waals surface area contributed by atoms with E-state index < -0.39 is 17.5 Å². The molecular formula is C27H29F2N5O4. The van der Waals surface area contributed by atoms with E-state index in [1.807, 2.05) is 4.90 Å². The molecule has 1 N–H and O–H groups in total. The number of ether oxygens (including phenoxy) is 2. The number of carbonyl (C=O) groups excluding carboxylic acids is 2. The van der Waals surface area contributed by atoms with Crippen molar-refractivity contribution < 1.29 is 27.8 Å². The molecule has 38 heavy (non-hydrogen) atoms. The van der Waals surface area contributed by atoms with Crippen LogP contribution in [0.4, 0.5) is 20.2 Å². The number of benzene rings is 1. The molecule has 1 saturated heterocycles. The number of hydrogen-bond donors (Lipinski definition) is 1. The van der Waals surface area contributed by atoms with E-state index in [-0.39, 0.29) is 34.9 Å². The van der Waals surface area contributed by atoms with E-state index >= 15 is 0 Å². The number of aromatic nitrogens is 2. The molecule has 200 valence electrons. The molecule has 2 amide bonds. The second kappa shape index (κ2) is 11.4. The summed E-state index contributed by atoms with van der Waals surface area (Å²) in [5.74, 6) is -1.94. The van der Waals surface area contributed by atoms with Gasteiger partial charge >= 0.3 is 0 Å². The first-order chi connectivity index (χ1) is 18.2. The molecule has 0 saturated carbocycles. The Bertz CT molecular complexity index is 1340. The summed E-state index contributed by atoms with van der Waals surface area (Å²) in [7, 11) is 4.71. The van der Waals surface area contributed by atoms with E-state index in [1.54, 1.807) is 39.2 Å². The number of hydrogen-bond acceptors (Lipinski definition) is 7. The lowest BCUT2D eigenvalue weighted by molar-refractivity contribution is 0.0822. The first-order valence-electron chi connectivity index (χ1n) is 12.1. The van der Waals surface area contributed by atoms with Crippen LogP contribution in [0.3, 0.4) is 0 Å². The van der Waals surface area contributed by atoms with Crippen molar-refractivity contribution in [1.82, 2.24) is 14.9 Å². The third-order valence-electron chi connectivity index (χ3n) is 6.16. The molecule has 1 fully saturated rings. The van der Waals surface area contributed by atoms with Gasteiger partial charge in [-0.3, -0.25) is 9.59 Å². The average molecular weight is 526 g/mol. The van der Waals surface area contributed by atoms with Gasteiger partial charge in [0.15, 0.2) is 11.6 Å². The molecule has 2 aromatic heterocycles. The minimum Gasteiger partial charge on any atom is -0.487 e. The molecule has 1 aliphatic rings. The summed E-state index contributed by atoms with van der Waals surface area (Å²) in [6.45, 7) is 2.81. The Hall–Kier alpha value is -4.28. The number of halogens is 2. The number of amides is 2. The maximum Gasteiger partial charge on any atom is 0.272 e. The SMILES string of the molecule is COc1nc(C)ccc1C(=O)Nc1cnc(C(=O)N(C)C)cc1N1CCC(Oc2ccc(F)cc2F)CC1. The van der Waals surface area contributed by atoms with E-state index in [2.05, 4.69) is 15.3 Å². The smallest absolute Gasteiger partial charge is 0.272 e. The summed E-state index contributed by atoms with van der Waals surface area (Å²) in [6, 6.07) is 8.21. The van der Waals surface area contributed by atoms with Gasteiger partial charge in [-0.1, -0.05) is 0 Å². The van der Waals surface area contributed by atoms with Gasteiger partial charge in [0.1, 0.15) is 23.2 Å². The van der Waals surface area contributed by atoms with E-state index in [0.29, 0.717) is 43.0 Å². The van der Waals surface area contributed by atoms with Gasteiger partial charge in [-0.05, 0) is 37.3 Å². The molecule has 0 atom stereocenters. The molecule has 3 heterocycles. The standard InChI is InChI=1S/C27H29F2N5O4/c1-16-5-7-19(26(31-16)37-4)25(35)32-22-15-30-21(27(36)33(2)3)14-23(22)34-11-9-18(10-12-34)38-24-8-6-17(28)13-20(24)29/h5-8,13-15,18H,9-12H2,1-4H3,(H,32,35). The molecular weight excluding hydrogens is 496 g/mol. The second-order valence-electron chi connectivity index (χ2n) is 9.13. The highest BCUT2D eigenvalue weighted by Crippen LogP contribution is 2.31. The third kappa shape index (κ3) is 5.99. The predicted molar refractivity (Wildman–Crippen MR) is 138 cm³/mol. The number of anilines is 2. The van der Waals surface area contributed by atoms with Gasteiger partial charge in [-0.25, -0.2) is 18.7 Å². The number of piperidine rings is 1. The van der Waals surface area contributed by atoms with Crippen molar-refractivity contribution >= 4 is 23.2 Å². The number of rotatable bonds is 7. The van der Waals surface area contributed by atoms with Crippen LogP contribution in [0.25, 0.3) is 0 Å². The van der Waals surface area contributed by atoms with Crippen LogP contribution >= 0.6 is 0 Å². The highest BCUT2D eigenvalue weighted by molar-refractivity contribution is 6.07. The van der Waals surface area contributed by atoms with Crippen LogP contribution in [-0.4, -0.2) is 67.1 Å². The second-order valence-corrected chi connectivity index (χ2v) is 9.13. The Morgan fingerprint density at radius 3 is 2.50 bits per heavy atom. The third-order valence-corrected chi connectivity index (χ3v) is 6.16. The minimum atomic E-state index is -0.751. The molecule has 11 heteroatoms. The van der Waals surface area contributed by atoms with Crippen molar-refractivity contribution in [1.29, 1.82) is 0 Å². The summed E-state index contributed by atoms with van der Waals surface area (Å²) in [6.07, 6.45) is 2.25. The molecule has 0 radical (unpaired) electrons. The number of aryl methyl sites for hydroxylation is 1. The Morgan fingerprint density at radius 1 is 1.11 bits per heavy atom. The summed E-state index contributed by atoms with van der Waals surface area (Å²) >= 11 is 0. The van der Waals surface area contributed by atoms with Crippen molar-refractivity contribution in [2.75, 3.05) is 44.5 Å². The summed E-state index contributed by atoms with van der Waals surface area (Å²) in [5, 5.41) is 2.87. The summed E-state index contributed by atoms with van der Waals surface area (Å²) < 4.78 is 38.3. The van der Waals surface area contributed by atoms with E-state index in [1.165, 1.54) is 24.3 Å². The monoisotopic (exact) mass is 525 g/mol. The predicted octanol–water partition coefficient (Wildman–Crippen LogP) is 4.07. The van der Waals surface area contributed by atoms with Crippen molar-refractivity contribution in [2.24, 2.45) is 0 Å². The topological polar surface area (TPSA) is 96.9 Å². The van der Waals surface area contributed by atoms with Gasteiger partial charge < -0.3 is 24.6 Å². The van der Waals surface area contributed by atoms with Crippen LogP contribution in [0.2, 0.25) is 0 Å². The molecule has 1 aliphatic heterocycles. The number of carbonyl (C=O) groups is 2. The number of methoxy groups -OCH3 is 1. The van der Waals surface area contributed by atoms with Gasteiger partial charge in [0.25, 0.3) is 11.8 Å². The summed E-state index contributed by atoms with van der Waals surface area (Å²) in [5.41, 5.74) is 2.22. The zero-order chi connectivity index (χ0) is 27.4. The number of nitrogens with zero attached hydrogens (tertiary/aromatic N) is 4. The van der Waals surface area contributed by atoms with Crippen LogP contribution in [-0.2, 0) is 0 Å². The van der Waals surface area contributed by atoms with Crippen molar-refractivity contribution in [3.05, 3.63) is 71.2 Å². The fourth-order valence-corrected chi connectivity index (χ4v) is 4.16. The van der Waals surface area contributed by atoms with Crippen molar-refractivity contribution in [2.45, 2.75) is 25.9 Å². The quantitative estimate of drug-likeness (QED) is 0.497. The molecule has 3 aromatic rings. The summed E-state index contributed by atoms with van der Waals surface area (Å²) in [4.78, 5) is 37.7. The van der Waals surface area contributed by atoms with Crippen LogP contribution in [0.15, 0.2) is 42.6 Å². The molecule has 0 bridgehead atoms. The number of nitrogens with one attached hydrogen (secondary N) is 1. The van der Waals surface area contributed by atoms with Crippen LogP contribution in [0.1, 0.15) is 39.4 Å². The zero-order valence-corrected chi connectivity index (χ0v) is 21.6. The van der Waals surface area contributed by atoms with Gasteiger partial charge in [-0.2, -0.15) is 0 Å². The van der Waals surface area contributed by atoms with Gasteiger partial charge in [0, 0.05) is 51.8 Å². The maximum atomic E-state index is 14.1. The molecule has 0 unspecified atom stereocenters. The van der Waals surface area contributed by atoms with Crippen molar-refractivity contribution in [3.8, 4) is 11.6 Å². The van der Waals surface area contributed by atoms with Crippen LogP contribution < -0.4 is 19.7 Å². The largest absolute Gasteiger partial charge is 0.487 e. The van der Waals surface area contributed by atoms with Gasteiger partial charge in [0.2, 0.25) is 5.88 Å². The fraction of sp³-hybridized carbons (Fsp3) is 0.333. The van der Waals surface area contributed by atoms with Crippen LogP contribution in [0.5, 0.6) is 11.6 Å².